The van der Waals surface area contributed by atoms with Crippen LogP contribution in [-0.4, -0.2) is 36.0 Å². The SMILES string of the molecule is C=CC(=O)N1CCCC1C(=O)OCC. The summed E-state index contributed by atoms with van der Waals surface area (Å²) in [5, 5.41) is 0. The van der Waals surface area contributed by atoms with E-state index in [0.29, 0.717) is 19.6 Å². The van der Waals surface area contributed by atoms with Crippen LogP contribution in [0.3, 0.4) is 0 Å². The maximum atomic E-state index is 11.4. The third kappa shape index (κ3) is 2.13. The van der Waals surface area contributed by atoms with Gasteiger partial charge in [0.1, 0.15) is 6.04 Å². The molecule has 4 nitrogen and oxygen atoms in total. The number of carbonyl (C=O) groups excluding carboxylic acids is 2. The molecule has 1 fully saturated rings. The van der Waals surface area contributed by atoms with Gasteiger partial charge in [0.15, 0.2) is 0 Å². The number of hydrogen-bond acceptors (Lipinski definition) is 3. The molecule has 1 heterocycles. The van der Waals surface area contributed by atoms with Gasteiger partial charge in [-0.25, -0.2) is 4.79 Å². The Kier molecular flexibility index (Phi) is 3.68. The zero-order chi connectivity index (χ0) is 10.6. The molecule has 0 aromatic heterocycles. The van der Waals surface area contributed by atoms with Gasteiger partial charge in [0, 0.05) is 6.54 Å². The summed E-state index contributed by atoms with van der Waals surface area (Å²) in [7, 11) is 0. The van der Waals surface area contributed by atoms with Gasteiger partial charge in [-0.15, -0.1) is 0 Å². The Labute approximate surface area is 83.5 Å². The largest absolute Gasteiger partial charge is 0.464 e. The van der Waals surface area contributed by atoms with Crippen molar-refractivity contribution in [2.24, 2.45) is 0 Å². The van der Waals surface area contributed by atoms with E-state index in [-0.39, 0.29) is 11.9 Å². The zero-order valence-corrected chi connectivity index (χ0v) is 8.36. The second kappa shape index (κ2) is 4.79. The van der Waals surface area contributed by atoms with E-state index in [2.05, 4.69) is 6.58 Å². The van der Waals surface area contributed by atoms with E-state index in [4.69, 9.17) is 4.74 Å². The fourth-order valence-corrected chi connectivity index (χ4v) is 1.63. The average Bonchev–Trinajstić information content (AvgIpc) is 2.65. The topological polar surface area (TPSA) is 46.6 Å². The first kappa shape index (κ1) is 10.8. The molecule has 0 aromatic rings. The van der Waals surface area contributed by atoms with Gasteiger partial charge >= 0.3 is 5.97 Å². The number of carbonyl (C=O) groups is 2. The van der Waals surface area contributed by atoms with Crippen LogP contribution in [0.25, 0.3) is 0 Å². The second-order valence-corrected chi connectivity index (χ2v) is 3.15. The highest BCUT2D eigenvalue weighted by atomic mass is 16.5. The Balaban J connectivity index is 2.63. The quantitative estimate of drug-likeness (QED) is 0.495. The number of amides is 1. The van der Waals surface area contributed by atoms with Crippen molar-refractivity contribution in [1.82, 2.24) is 4.90 Å². The fraction of sp³-hybridized carbons (Fsp3) is 0.600. The molecule has 1 aliphatic rings. The Morgan fingerprint density at radius 3 is 2.93 bits per heavy atom. The van der Waals surface area contributed by atoms with Crippen molar-refractivity contribution in [3.8, 4) is 0 Å². The van der Waals surface area contributed by atoms with Crippen molar-refractivity contribution < 1.29 is 14.3 Å². The normalized spacial score (nSPS) is 20.6. The summed E-state index contributed by atoms with van der Waals surface area (Å²) in [6.45, 7) is 6.13. The third-order valence-electron chi connectivity index (χ3n) is 2.27. The monoisotopic (exact) mass is 197 g/mol. The summed E-state index contributed by atoms with van der Waals surface area (Å²) in [6.07, 6.45) is 2.78. The number of likely N-dealkylation sites (tertiary alicyclic amines) is 1. The molecule has 1 aliphatic heterocycles. The van der Waals surface area contributed by atoms with Gasteiger partial charge in [0.25, 0.3) is 0 Å². The average molecular weight is 197 g/mol. The molecule has 1 atom stereocenters. The molecule has 0 spiro atoms. The van der Waals surface area contributed by atoms with Crippen LogP contribution in [0.4, 0.5) is 0 Å². The molecule has 0 aliphatic carbocycles. The van der Waals surface area contributed by atoms with Crippen LogP contribution in [0, 0.1) is 0 Å². The first-order valence-corrected chi connectivity index (χ1v) is 4.80. The number of ether oxygens (including phenoxy) is 1. The summed E-state index contributed by atoms with van der Waals surface area (Å²) >= 11 is 0. The molecule has 0 aromatic carbocycles. The Morgan fingerprint density at radius 2 is 2.36 bits per heavy atom. The molecule has 1 rings (SSSR count). The van der Waals surface area contributed by atoms with Crippen LogP contribution in [-0.2, 0) is 14.3 Å². The van der Waals surface area contributed by atoms with Gasteiger partial charge in [-0.05, 0) is 25.8 Å². The minimum absolute atomic E-state index is 0.194. The molecular formula is C10H15NO3. The molecule has 1 unspecified atom stereocenters. The first-order valence-electron chi connectivity index (χ1n) is 4.80. The number of rotatable bonds is 3. The minimum atomic E-state index is -0.402. The van der Waals surface area contributed by atoms with Gasteiger partial charge < -0.3 is 9.64 Å². The number of esters is 1. The Morgan fingerprint density at radius 1 is 1.64 bits per heavy atom. The van der Waals surface area contributed by atoms with E-state index in [1.54, 1.807) is 6.92 Å². The minimum Gasteiger partial charge on any atom is -0.464 e. The van der Waals surface area contributed by atoms with Crippen molar-refractivity contribution in [2.45, 2.75) is 25.8 Å². The van der Waals surface area contributed by atoms with Crippen molar-refractivity contribution in [3.05, 3.63) is 12.7 Å². The molecule has 0 N–H and O–H groups in total. The standard InChI is InChI=1S/C10H15NO3/c1-3-9(12)11-7-5-6-8(11)10(13)14-4-2/h3,8H,1,4-7H2,2H3. The van der Waals surface area contributed by atoms with Crippen molar-refractivity contribution in [2.75, 3.05) is 13.2 Å². The third-order valence-corrected chi connectivity index (χ3v) is 2.27. The fourth-order valence-electron chi connectivity index (χ4n) is 1.63. The van der Waals surface area contributed by atoms with E-state index in [0.717, 1.165) is 6.42 Å². The molecule has 78 valence electrons. The summed E-state index contributed by atoms with van der Waals surface area (Å²) < 4.78 is 4.88. The second-order valence-electron chi connectivity index (χ2n) is 3.15. The van der Waals surface area contributed by atoms with Crippen molar-refractivity contribution in [3.63, 3.8) is 0 Å². The Bertz CT molecular complexity index is 250. The van der Waals surface area contributed by atoms with E-state index in [9.17, 15) is 9.59 Å². The van der Waals surface area contributed by atoms with Gasteiger partial charge in [-0.2, -0.15) is 0 Å². The first-order chi connectivity index (χ1) is 6.70. The molecule has 0 saturated carbocycles. The van der Waals surface area contributed by atoms with Crippen LogP contribution >= 0.6 is 0 Å². The lowest BCUT2D eigenvalue weighted by Crippen LogP contribution is -2.40. The number of nitrogens with zero attached hydrogens (tertiary/aromatic N) is 1. The summed E-state index contributed by atoms with van der Waals surface area (Å²) in [5.41, 5.74) is 0. The van der Waals surface area contributed by atoms with Gasteiger partial charge in [-0.1, -0.05) is 6.58 Å². The summed E-state index contributed by atoms with van der Waals surface area (Å²) in [6, 6.07) is -0.402. The van der Waals surface area contributed by atoms with E-state index in [1.807, 2.05) is 0 Å². The zero-order valence-electron chi connectivity index (χ0n) is 8.36. The highest BCUT2D eigenvalue weighted by Crippen LogP contribution is 2.18. The molecule has 0 bridgehead atoms. The maximum Gasteiger partial charge on any atom is 0.328 e. The van der Waals surface area contributed by atoms with Crippen molar-refractivity contribution in [1.29, 1.82) is 0 Å². The van der Waals surface area contributed by atoms with E-state index < -0.39 is 6.04 Å². The van der Waals surface area contributed by atoms with E-state index >= 15 is 0 Å². The van der Waals surface area contributed by atoms with Gasteiger partial charge in [0.05, 0.1) is 6.61 Å². The van der Waals surface area contributed by atoms with Crippen LogP contribution in [0.5, 0.6) is 0 Å². The smallest absolute Gasteiger partial charge is 0.328 e. The molecule has 1 amide bonds. The van der Waals surface area contributed by atoms with E-state index in [1.165, 1.54) is 11.0 Å². The van der Waals surface area contributed by atoms with Gasteiger partial charge in [-0.3, -0.25) is 4.79 Å². The molecule has 1 saturated heterocycles. The van der Waals surface area contributed by atoms with Crippen LogP contribution in [0.15, 0.2) is 12.7 Å². The predicted molar refractivity (Wildman–Crippen MR) is 51.6 cm³/mol. The summed E-state index contributed by atoms with van der Waals surface area (Å²) in [4.78, 5) is 24.3. The molecular weight excluding hydrogens is 182 g/mol. The highest BCUT2D eigenvalue weighted by molar-refractivity contribution is 5.91. The molecule has 0 radical (unpaired) electrons. The molecule has 4 heteroatoms. The summed E-state index contributed by atoms with van der Waals surface area (Å²) in [5.74, 6) is -0.499. The number of hydrogen-bond donors (Lipinski definition) is 0. The van der Waals surface area contributed by atoms with Crippen LogP contribution in [0.2, 0.25) is 0 Å². The van der Waals surface area contributed by atoms with Crippen molar-refractivity contribution >= 4 is 11.9 Å². The lowest BCUT2D eigenvalue weighted by molar-refractivity contribution is -0.151. The lowest BCUT2D eigenvalue weighted by Gasteiger charge is -2.21. The highest BCUT2D eigenvalue weighted by Gasteiger charge is 2.33. The van der Waals surface area contributed by atoms with Crippen LogP contribution in [0.1, 0.15) is 19.8 Å². The lowest BCUT2D eigenvalue weighted by atomic mass is 10.2. The Hall–Kier alpha value is -1.32. The molecule has 14 heavy (non-hydrogen) atoms. The predicted octanol–water partition coefficient (Wildman–Crippen LogP) is 0.726. The van der Waals surface area contributed by atoms with Gasteiger partial charge in [0.2, 0.25) is 5.91 Å². The van der Waals surface area contributed by atoms with Crippen LogP contribution < -0.4 is 0 Å². The maximum absolute atomic E-state index is 11.4.